The average molecular weight is 508 g/mol. The second-order valence-electron chi connectivity index (χ2n) is 9.74. The molecule has 4 nitrogen and oxygen atoms in total. The van der Waals surface area contributed by atoms with Gasteiger partial charge >= 0.3 is 5.97 Å². The average Bonchev–Trinajstić information content (AvgIpc) is 2.88. The van der Waals surface area contributed by atoms with Crippen LogP contribution in [0.25, 0.3) is 0 Å². The van der Waals surface area contributed by atoms with E-state index in [9.17, 15) is 9.90 Å². The summed E-state index contributed by atoms with van der Waals surface area (Å²) in [6, 6.07) is 4.80. The van der Waals surface area contributed by atoms with Gasteiger partial charge in [-0.25, -0.2) is 0 Å². The van der Waals surface area contributed by atoms with Gasteiger partial charge < -0.3 is 9.84 Å². The molecule has 4 heteroatoms. The fraction of sp³-hybridized carbons (Fsp3) is 0.636. The lowest BCUT2D eigenvalue weighted by molar-refractivity contribution is -0.134. The summed E-state index contributed by atoms with van der Waals surface area (Å²) in [5, 5.41) is 9.90. The molecule has 0 heterocycles. The summed E-state index contributed by atoms with van der Waals surface area (Å²) in [4.78, 5) is 15.9. The summed E-state index contributed by atoms with van der Waals surface area (Å²) < 4.78 is 5.31. The maximum atomic E-state index is 12.0. The monoisotopic (exact) mass is 507 g/mol. The molecule has 0 bridgehead atoms. The first-order chi connectivity index (χ1) is 18.2. The second-order valence-corrected chi connectivity index (χ2v) is 9.74. The van der Waals surface area contributed by atoms with Crippen LogP contribution in [-0.2, 0) is 4.79 Å². The van der Waals surface area contributed by atoms with E-state index in [0.29, 0.717) is 17.7 Å². The van der Waals surface area contributed by atoms with Crippen LogP contribution in [0.15, 0.2) is 23.2 Å². The topological polar surface area (TPSA) is 58.9 Å². The number of nitrogens with zero attached hydrogens (tertiary/aromatic N) is 1. The molecule has 0 aliphatic rings. The van der Waals surface area contributed by atoms with E-state index in [4.69, 9.17) is 4.74 Å². The Morgan fingerprint density at radius 1 is 0.811 bits per heavy atom. The molecule has 0 radical (unpaired) electrons. The largest absolute Gasteiger partial charge is 0.507 e. The molecule has 0 aromatic heterocycles. The lowest BCUT2D eigenvalue weighted by Gasteiger charge is -2.06. The Kier molecular flexibility index (Phi) is 20.7. The molecule has 0 unspecified atom stereocenters. The smallest absolute Gasteiger partial charge is 0.311 e. The van der Waals surface area contributed by atoms with Gasteiger partial charge in [0.05, 0.1) is 0 Å². The van der Waals surface area contributed by atoms with E-state index in [-0.39, 0.29) is 11.7 Å². The number of aromatic hydroxyl groups is 1. The maximum Gasteiger partial charge on any atom is 0.311 e. The van der Waals surface area contributed by atoms with Crippen molar-refractivity contribution in [3.8, 4) is 35.2 Å². The highest BCUT2D eigenvalue weighted by atomic mass is 16.5. The van der Waals surface area contributed by atoms with Gasteiger partial charge in [-0.3, -0.25) is 9.79 Å². The zero-order valence-corrected chi connectivity index (χ0v) is 23.5. The number of ether oxygens (including phenoxy) is 1. The highest BCUT2D eigenvalue weighted by Gasteiger charge is 2.07. The number of hydrogen-bond donors (Lipinski definition) is 1. The van der Waals surface area contributed by atoms with Crippen molar-refractivity contribution in [2.24, 2.45) is 4.99 Å². The van der Waals surface area contributed by atoms with Gasteiger partial charge in [0.1, 0.15) is 11.5 Å². The van der Waals surface area contributed by atoms with E-state index in [1.807, 2.05) is 0 Å². The standard InChI is InChI=1S/C33H49NO3/c1-3-4-5-6-7-8-9-10-11-12-13-14-15-16-17-18-19-20-21-22-23-24-25-33(36)37-31-27-26-30(29-34-2)32(35)28-31/h26-29,35H,3-13,18-25H2,1-2H3. The molecule has 1 N–H and O–H groups in total. The van der Waals surface area contributed by atoms with Gasteiger partial charge in [0.2, 0.25) is 0 Å². The SMILES string of the molecule is CCCCCCCCCCCCC#CC#CCCCCCCCCC(=O)Oc1ccc(C=NC)c(O)c1. The molecule has 1 rings (SSSR count). The van der Waals surface area contributed by atoms with Crippen LogP contribution < -0.4 is 4.74 Å². The number of rotatable bonds is 20. The Morgan fingerprint density at radius 2 is 1.32 bits per heavy atom. The third-order valence-corrected chi connectivity index (χ3v) is 6.33. The van der Waals surface area contributed by atoms with E-state index >= 15 is 0 Å². The van der Waals surface area contributed by atoms with E-state index in [1.54, 1.807) is 25.4 Å². The number of phenolic OH excluding ortho intramolecular Hbond substituents is 1. The number of esters is 1. The Bertz CT molecular complexity index is 882. The predicted octanol–water partition coefficient (Wildman–Crippen LogP) is 8.78. The third kappa shape index (κ3) is 19.1. The molecule has 1 aromatic carbocycles. The van der Waals surface area contributed by atoms with Crippen LogP contribution in [0.4, 0.5) is 0 Å². The van der Waals surface area contributed by atoms with Crippen molar-refractivity contribution >= 4 is 12.2 Å². The number of carbonyl (C=O) groups is 1. The number of hydrogen-bond acceptors (Lipinski definition) is 4. The van der Waals surface area contributed by atoms with Crippen LogP contribution in [0.1, 0.15) is 134 Å². The molecule has 37 heavy (non-hydrogen) atoms. The fourth-order valence-corrected chi connectivity index (χ4v) is 4.12. The fourth-order valence-electron chi connectivity index (χ4n) is 4.12. The van der Waals surface area contributed by atoms with E-state index in [0.717, 1.165) is 51.4 Å². The van der Waals surface area contributed by atoms with Crippen LogP contribution in [0.2, 0.25) is 0 Å². The van der Waals surface area contributed by atoms with Crippen molar-refractivity contribution in [2.45, 2.75) is 129 Å². The zero-order valence-electron chi connectivity index (χ0n) is 23.5. The first kappa shape index (κ1) is 32.3. The molecule has 1 aromatic rings. The highest BCUT2D eigenvalue weighted by molar-refractivity contribution is 5.84. The van der Waals surface area contributed by atoms with Crippen LogP contribution in [0.3, 0.4) is 0 Å². The first-order valence-corrected chi connectivity index (χ1v) is 14.6. The normalized spacial score (nSPS) is 10.5. The summed E-state index contributed by atoms with van der Waals surface area (Å²) in [5.41, 5.74) is 0.598. The molecule has 0 fully saturated rings. The molecular weight excluding hydrogens is 458 g/mol. The first-order valence-electron chi connectivity index (χ1n) is 14.6. The molecule has 0 amide bonds. The number of unbranched alkanes of at least 4 members (excludes halogenated alkanes) is 16. The Labute approximate surface area is 226 Å². The third-order valence-electron chi connectivity index (χ3n) is 6.33. The molecule has 0 saturated carbocycles. The van der Waals surface area contributed by atoms with Gasteiger partial charge in [0.25, 0.3) is 0 Å². The molecule has 0 aliphatic carbocycles. The van der Waals surface area contributed by atoms with Crippen molar-refractivity contribution in [3.63, 3.8) is 0 Å². The Hall–Kier alpha value is -2.72. The van der Waals surface area contributed by atoms with Crippen molar-refractivity contribution in [1.29, 1.82) is 0 Å². The van der Waals surface area contributed by atoms with Gasteiger partial charge in [-0.2, -0.15) is 0 Å². The summed E-state index contributed by atoms with van der Waals surface area (Å²) in [6.45, 7) is 2.27. The minimum atomic E-state index is -0.263. The summed E-state index contributed by atoms with van der Waals surface area (Å²) in [5.74, 6) is 12.5. The van der Waals surface area contributed by atoms with Gasteiger partial charge in [-0.1, -0.05) is 102 Å². The van der Waals surface area contributed by atoms with Gasteiger partial charge in [0, 0.05) is 44.2 Å². The summed E-state index contributed by atoms with van der Waals surface area (Å²) in [7, 11) is 1.64. The van der Waals surface area contributed by atoms with Crippen LogP contribution in [-0.4, -0.2) is 24.3 Å². The van der Waals surface area contributed by atoms with E-state index < -0.39 is 0 Å². The lowest BCUT2D eigenvalue weighted by Crippen LogP contribution is -2.07. The molecule has 0 saturated heterocycles. The van der Waals surface area contributed by atoms with Crippen molar-refractivity contribution < 1.29 is 14.6 Å². The molecule has 0 aliphatic heterocycles. The number of benzene rings is 1. The molecule has 204 valence electrons. The lowest BCUT2D eigenvalue weighted by atomic mass is 10.1. The van der Waals surface area contributed by atoms with Crippen LogP contribution in [0, 0.1) is 23.7 Å². The highest BCUT2D eigenvalue weighted by Crippen LogP contribution is 2.23. The molecule has 0 atom stereocenters. The van der Waals surface area contributed by atoms with Crippen molar-refractivity contribution in [3.05, 3.63) is 23.8 Å². The van der Waals surface area contributed by atoms with Gasteiger partial charge in [0.15, 0.2) is 0 Å². The van der Waals surface area contributed by atoms with Crippen LogP contribution in [0.5, 0.6) is 11.5 Å². The van der Waals surface area contributed by atoms with Gasteiger partial charge in [-0.05, 0) is 43.2 Å². The Morgan fingerprint density at radius 3 is 1.84 bits per heavy atom. The quantitative estimate of drug-likeness (QED) is 0.0631. The second kappa shape index (κ2) is 23.7. The van der Waals surface area contributed by atoms with Crippen molar-refractivity contribution in [2.75, 3.05) is 7.05 Å². The minimum absolute atomic E-state index is 0.0528. The molecule has 0 spiro atoms. The minimum Gasteiger partial charge on any atom is -0.507 e. The number of carbonyl (C=O) groups excluding carboxylic acids is 1. The van der Waals surface area contributed by atoms with E-state index in [2.05, 4.69) is 35.6 Å². The van der Waals surface area contributed by atoms with Gasteiger partial charge in [-0.15, -0.1) is 0 Å². The maximum absolute atomic E-state index is 12.0. The predicted molar refractivity (Wildman–Crippen MR) is 156 cm³/mol. The summed E-state index contributed by atoms with van der Waals surface area (Å²) in [6.07, 6.45) is 23.8. The number of phenols is 1. The number of aliphatic imine (C=N–C) groups is 1. The molecular formula is C33H49NO3. The zero-order chi connectivity index (χ0) is 26.8. The summed E-state index contributed by atoms with van der Waals surface area (Å²) >= 11 is 0. The van der Waals surface area contributed by atoms with E-state index in [1.165, 1.54) is 70.3 Å². The Balaban J connectivity index is 1.92. The van der Waals surface area contributed by atoms with Crippen LogP contribution >= 0.6 is 0 Å². The van der Waals surface area contributed by atoms with Crippen molar-refractivity contribution in [1.82, 2.24) is 0 Å².